The Bertz CT molecular complexity index is 308. The third-order valence-electron chi connectivity index (χ3n) is 2.93. The normalized spacial score (nSPS) is 27.6. The molecule has 2 N–H and O–H groups in total. The Morgan fingerprint density at radius 3 is 2.93 bits per heavy atom. The number of methoxy groups -OCH3 is 1. The largest absolute Gasteiger partial charge is 0.462 e. The van der Waals surface area contributed by atoms with Crippen LogP contribution < -0.4 is 5.73 Å². The number of ether oxygens (including phenoxy) is 1. The van der Waals surface area contributed by atoms with Crippen molar-refractivity contribution in [2.45, 2.75) is 26.0 Å². The van der Waals surface area contributed by atoms with E-state index in [4.69, 9.17) is 14.9 Å². The quantitative estimate of drug-likeness (QED) is 0.800. The summed E-state index contributed by atoms with van der Waals surface area (Å²) >= 11 is 0. The first-order valence-corrected chi connectivity index (χ1v) is 5.05. The van der Waals surface area contributed by atoms with Crippen LogP contribution in [0.5, 0.6) is 0 Å². The van der Waals surface area contributed by atoms with Gasteiger partial charge in [0.05, 0.1) is 6.04 Å². The zero-order chi connectivity index (χ0) is 10.1. The number of nitrogens with two attached hydrogens (primary N) is 1. The molecule has 2 rings (SSSR count). The third-order valence-corrected chi connectivity index (χ3v) is 2.93. The monoisotopic (exact) mass is 195 g/mol. The Balaban J connectivity index is 2.01. The minimum absolute atomic E-state index is 0.0654. The molecule has 0 saturated heterocycles. The molecule has 3 atom stereocenters. The van der Waals surface area contributed by atoms with Crippen LogP contribution >= 0.6 is 0 Å². The van der Waals surface area contributed by atoms with E-state index < -0.39 is 0 Å². The summed E-state index contributed by atoms with van der Waals surface area (Å²) in [6, 6.07) is 3.96. The number of hydrogen-bond acceptors (Lipinski definition) is 3. The predicted molar refractivity (Wildman–Crippen MR) is 53.6 cm³/mol. The second-order valence-electron chi connectivity index (χ2n) is 4.14. The van der Waals surface area contributed by atoms with Gasteiger partial charge in [-0.1, -0.05) is 6.92 Å². The number of rotatable bonds is 4. The van der Waals surface area contributed by atoms with Gasteiger partial charge in [0.2, 0.25) is 0 Å². The van der Waals surface area contributed by atoms with E-state index >= 15 is 0 Å². The van der Waals surface area contributed by atoms with Gasteiger partial charge in [-0.15, -0.1) is 0 Å². The average molecular weight is 195 g/mol. The van der Waals surface area contributed by atoms with E-state index in [-0.39, 0.29) is 6.04 Å². The van der Waals surface area contributed by atoms with Crippen LogP contribution in [0.4, 0.5) is 0 Å². The Labute approximate surface area is 84.2 Å². The average Bonchev–Trinajstić information content (AvgIpc) is 2.71. The summed E-state index contributed by atoms with van der Waals surface area (Å²) in [6.45, 7) is 2.75. The minimum Gasteiger partial charge on any atom is -0.462 e. The molecule has 3 nitrogen and oxygen atoms in total. The van der Waals surface area contributed by atoms with Crippen molar-refractivity contribution in [3.05, 3.63) is 23.7 Å². The topological polar surface area (TPSA) is 48.4 Å². The van der Waals surface area contributed by atoms with E-state index in [0.29, 0.717) is 12.5 Å². The Hall–Kier alpha value is -0.800. The van der Waals surface area contributed by atoms with Crippen LogP contribution in [0.15, 0.2) is 16.5 Å². The van der Waals surface area contributed by atoms with Gasteiger partial charge in [-0.05, 0) is 30.4 Å². The van der Waals surface area contributed by atoms with Crippen molar-refractivity contribution >= 4 is 0 Å². The van der Waals surface area contributed by atoms with E-state index in [1.165, 1.54) is 6.42 Å². The molecule has 1 fully saturated rings. The van der Waals surface area contributed by atoms with Gasteiger partial charge in [0.15, 0.2) is 0 Å². The van der Waals surface area contributed by atoms with Gasteiger partial charge < -0.3 is 14.9 Å². The van der Waals surface area contributed by atoms with Crippen molar-refractivity contribution in [1.82, 2.24) is 0 Å². The zero-order valence-electron chi connectivity index (χ0n) is 8.69. The fourth-order valence-electron chi connectivity index (χ4n) is 1.86. The molecule has 1 aromatic rings. The van der Waals surface area contributed by atoms with Crippen LogP contribution in [0.3, 0.4) is 0 Å². The molecule has 1 aromatic heterocycles. The van der Waals surface area contributed by atoms with E-state index in [9.17, 15) is 0 Å². The van der Waals surface area contributed by atoms with E-state index in [0.717, 1.165) is 17.4 Å². The Morgan fingerprint density at radius 2 is 2.36 bits per heavy atom. The van der Waals surface area contributed by atoms with Crippen LogP contribution in [-0.2, 0) is 11.3 Å². The fourth-order valence-corrected chi connectivity index (χ4v) is 1.86. The minimum atomic E-state index is 0.0654. The van der Waals surface area contributed by atoms with Crippen molar-refractivity contribution in [3.8, 4) is 0 Å². The van der Waals surface area contributed by atoms with Gasteiger partial charge in [-0.3, -0.25) is 0 Å². The highest BCUT2D eigenvalue weighted by Gasteiger charge is 2.39. The first kappa shape index (κ1) is 9.74. The Kier molecular flexibility index (Phi) is 2.61. The van der Waals surface area contributed by atoms with Crippen LogP contribution in [-0.4, -0.2) is 7.11 Å². The SMILES string of the molecule is COCc1ccc(C(N)C2CC2C)o1. The lowest BCUT2D eigenvalue weighted by molar-refractivity contribution is 0.161. The third kappa shape index (κ3) is 1.83. The molecule has 1 heterocycles. The summed E-state index contributed by atoms with van der Waals surface area (Å²) < 4.78 is 10.6. The van der Waals surface area contributed by atoms with E-state index in [2.05, 4.69) is 6.92 Å². The molecule has 14 heavy (non-hydrogen) atoms. The highest BCUT2D eigenvalue weighted by atomic mass is 16.5. The molecule has 0 aliphatic heterocycles. The predicted octanol–water partition coefficient (Wildman–Crippen LogP) is 2.08. The van der Waals surface area contributed by atoms with Gasteiger partial charge >= 0.3 is 0 Å². The summed E-state index contributed by atoms with van der Waals surface area (Å²) in [6.07, 6.45) is 1.22. The molecule has 1 saturated carbocycles. The first-order valence-electron chi connectivity index (χ1n) is 5.05. The molecular weight excluding hydrogens is 178 g/mol. The van der Waals surface area contributed by atoms with Gasteiger partial charge in [-0.25, -0.2) is 0 Å². The van der Waals surface area contributed by atoms with Crippen molar-refractivity contribution in [1.29, 1.82) is 0 Å². The highest BCUT2D eigenvalue weighted by Crippen LogP contribution is 2.45. The molecule has 0 spiro atoms. The summed E-state index contributed by atoms with van der Waals surface area (Å²) in [5.74, 6) is 3.11. The molecule has 0 aromatic carbocycles. The summed E-state index contributed by atoms with van der Waals surface area (Å²) in [4.78, 5) is 0. The Morgan fingerprint density at radius 1 is 1.64 bits per heavy atom. The van der Waals surface area contributed by atoms with Crippen molar-refractivity contribution in [3.63, 3.8) is 0 Å². The molecular formula is C11H17NO2. The molecule has 0 radical (unpaired) electrons. The van der Waals surface area contributed by atoms with Crippen molar-refractivity contribution < 1.29 is 9.15 Å². The first-order chi connectivity index (χ1) is 6.72. The molecule has 1 aliphatic rings. The number of hydrogen-bond donors (Lipinski definition) is 1. The van der Waals surface area contributed by atoms with Crippen molar-refractivity contribution in [2.24, 2.45) is 17.6 Å². The second-order valence-corrected chi connectivity index (χ2v) is 4.14. The smallest absolute Gasteiger partial charge is 0.129 e. The van der Waals surface area contributed by atoms with Crippen LogP contribution in [0.2, 0.25) is 0 Å². The van der Waals surface area contributed by atoms with E-state index in [1.807, 2.05) is 12.1 Å². The maximum Gasteiger partial charge on any atom is 0.129 e. The molecule has 3 heteroatoms. The van der Waals surface area contributed by atoms with Gasteiger partial charge in [0.25, 0.3) is 0 Å². The molecule has 0 amide bonds. The summed E-state index contributed by atoms with van der Waals surface area (Å²) in [5.41, 5.74) is 6.07. The van der Waals surface area contributed by atoms with Crippen molar-refractivity contribution in [2.75, 3.05) is 7.11 Å². The lowest BCUT2D eigenvalue weighted by Crippen LogP contribution is -2.12. The van der Waals surface area contributed by atoms with E-state index in [1.54, 1.807) is 7.11 Å². The van der Waals surface area contributed by atoms with Gasteiger partial charge in [0.1, 0.15) is 18.1 Å². The molecule has 1 aliphatic carbocycles. The maximum atomic E-state index is 6.07. The summed E-state index contributed by atoms with van der Waals surface area (Å²) in [7, 11) is 1.66. The molecule has 78 valence electrons. The fraction of sp³-hybridized carbons (Fsp3) is 0.636. The second kappa shape index (κ2) is 3.75. The highest BCUT2D eigenvalue weighted by molar-refractivity contribution is 5.13. The molecule has 0 bridgehead atoms. The lowest BCUT2D eigenvalue weighted by atomic mass is 10.1. The standard InChI is InChI=1S/C11H17NO2/c1-7-5-9(7)11(12)10-4-3-8(14-10)6-13-2/h3-4,7,9,11H,5-6,12H2,1-2H3. The molecule has 3 unspecified atom stereocenters. The van der Waals surface area contributed by atoms with Crippen LogP contribution in [0.25, 0.3) is 0 Å². The van der Waals surface area contributed by atoms with Crippen LogP contribution in [0.1, 0.15) is 30.9 Å². The zero-order valence-corrected chi connectivity index (χ0v) is 8.69. The lowest BCUT2D eigenvalue weighted by Gasteiger charge is -2.06. The van der Waals surface area contributed by atoms with Crippen LogP contribution in [0, 0.1) is 11.8 Å². The maximum absolute atomic E-state index is 6.07. The van der Waals surface area contributed by atoms with Gasteiger partial charge in [0, 0.05) is 7.11 Å². The number of furan rings is 1. The van der Waals surface area contributed by atoms with Gasteiger partial charge in [-0.2, -0.15) is 0 Å². The summed E-state index contributed by atoms with van der Waals surface area (Å²) in [5, 5.41) is 0.